The normalized spacial score (nSPS) is 10.5. The Labute approximate surface area is 169 Å². The summed E-state index contributed by atoms with van der Waals surface area (Å²) in [5, 5.41) is 0. The Bertz CT molecular complexity index is 1020. The van der Waals surface area contributed by atoms with Crippen molar-refractivity contribution >= 4 is 11.3 Å². The summed E-state index contributed by atoms with van der Waals surface area (Å²) in [4.78, 5) is 2.42. The van der Waals surface area contributed by atoms with Crippen LogP contribution in [0.25, 0.3) is 32.0 Å². The van der Waals surface area contributed by atoms with Gasteiger partial charge in [0.25, 0.3) is 0 Å². The average Bonchev–Trinajstić information content (AvgIpc) is 2.79. The average molecular weight is 386 g/mol. The molecule has 0 aliphatic heterocycles. The van der Waals surface area contributed by atoms with Crippen molar-refractivity contribution in [1.82, 2.24) is 0 Å². The van der Waals surface area contributed by atoms with Crippen molar-refractivity contribution in [2.45, 2.75) is 0 Å². The van der Waals surface area contributed by atoms with Crippen LogP contribution in [-0.2, 0) is 0 Å². The summed E-state index contributed by atoms with van der Waals surface area (Å²) in [5.74, 6) is 1.64. The fourth-order valence-electron chi connectivity index (χ4n) is 3.19. The molecule has 138 valence electrons. The number of benzene rings is 3. The van der Waals surface area contributed by atoms with Gasteiger partial charge in [-0.2, -0.15) is 0 Å². The highest BCUT2D eigenvalue weighted by molar-refractivity contribution is 7.18. The molecule has 0 fully saturated rings. The molecular formula is C25H21O2S+. The fourth-order valence-corrected chi connectivity index (χ4v) is 4.30. The SMILES string of the molecule is COc1ccc(OC)c(-c2cc(-c3ccccc3)[s+]c(-c3ccccc3)c2)c1. The topological polar surface area (TPSA) is 18.5 Å². The summed E-state index contributed by atoms with van der Waals surface area (Å²) in [6.07, 6.45) is 0. The van der Waals surface area contributed by atoms with Gasteiger partial charge in [0.05, 0.1) is 14.2 Å². The van der Waals surface area contributed by atoms with E-state index in [0.717, 1.165) is 22.6 Å². The zero-order chi connectivity index (χ0) is 19.3. The molecule has 1 aromatic heterocycles. The van der Waals surface area contributed by atoms with E-state index in [1.54, 1.807) is 25.6 Å². The molecule has 28 heavy (non-hydrogen) atoms. The summed E-state index contributed by atoms with van der Waals surface area (Å²) < 4.78 is 11.1. The van der Waals surface area contributed by atoms with Gasteiger partial charge in [-0.1, -0.05) is 36.4 Å². The third-order valence-corrected chi connectivity index (χ3v) is 5.77. The summed E-state index contributed by atoms with van der Waals surface area (Å²) in [7, 11) is 3.39. The van der Waals surface area contributed by atoms with Crippen LogP contribution in [0, 0.1) is 0 Å². The maximum absolute atomic E-state index is 5.64. The minimum absolute atomic E-state index is 0.811. The molecule has 3 aromatic carbocycles. The minimum Gasteiger partial charge on any atom is -0.497 e. The largest absolute Gasteiger partial charge is 0.497 e. The van der Waals surface area contributed by atoms with E-state index in [1.165, 1.54) is 20.9 Å². The highest BCUT2D eigenvalue weighted by Gasteiger charge is 2.20. The van der Waals surface area contributed by atoms with Gasteiger partial charge >= 0.3 is 0 Å². The van der Waals surface area contributed by atoms with Crippen LogP contribution in [0.4, 0.5) is 0 Å². The first-order valence-electron chi connectivity index (χ1n) is 9.10. The van der Waals surface area contributed by atoms with Crippen molar-refractivity contribution in [3.63, 3.8) is 0 Å². The van der Waals surface area contributed by atoms with E-state index >= 15 is 0 Å². The van der Waals surface area contributed by atoms with E-state index in [0.29, 0.717) is 0 Å². The van der Waals surface area contributed by atoms with Gasteiger partial charge in [0, 0.05) is 28.8 Å². The molecule has 0 saturated heterocycles. The number of hydrogen-bond acceptors (Lipinski definition) is 2. The van der Waals surface area contributed by atoms with Crippen LogP contribution in [0.1, 0.15) is 0 Å². The van der Waals surface area contributed by atoms with Gasteiger partial charge in [0.1, 0.15) is 11.5 Å². The van der Waals surface area contributed by atoms with E-state index < -0.39 is 0 Å². The summed E-state index contributed by atoms with van der Waals surface area (Å²) in [6.45, 7) is 0. The van der Waals surface area contributed by atoms with Gasteiger partial charge in [0.15, 0.2) is 0 Å². The molecule has 0 N–H and O–H groups in total. The molecule has 0 bridgehead atoms. The molecule has 4 aromatic rings. The van der Waals surface area contributed by atoms with Crippen molar-refractivity contribution in [1.29, 1.82) is 0 Å². The monoisotopic (exact) mass is 385 g/mol. The molecule has 0 aliphatic rings. The lowest BCUT2D eigenvalue weighted by Crippen LogP contribution is -1.91. The quantitative estimate of drug-likeness (QED) is 0.343. The Morgan fingerprint density at radius 2 is 1.14 bits per heavy atom. The smallest absolute Gasteiger partial charge is 0.239 e. The van der Waals surface area contributed by atoms with E-state index in [4.69, 9.17) is 9.47 Å². The van der Waals surface area contributed by atoms with Gasteiger partial charge in [-0.15, -0.1) is 0 Å². The third kappa shape index (κ3) is 3.75. The molecular weight excluding hydrogens is 364 g/mol. The second-order valence-electron chi connectivity index (χ2n) is 6.37. The molecule has 0 saturated carbocycles. The number of ether oxygens (including phenoxy) is 2. The van der Waals surface area contributed by atoms with Crippen LogP contribution in [0.15, 0.2) is 91.0 Å². The Morgan fingerprint density at radius 3 is 1.64 bits per heavy atom. The van der Waals surface area contributed by atoms with Gasteiger partial charge in [-0.3, -0.25) is 0 Å². The first-order valence-corrected chi connectivity index (χ1v) is 9.91. The first-order chi connectivity index (χ1) is 13.8. The Balaban J connectivity index is 1.95. The van der Waals surface area contributed by atoms with Crippen LogP contribution >= 0.6 is 11.3 Å². The van der Waals surface area contributed by atoms with Gasteiger partial charge in [0.2, 0.25) is 21.1 Å². The molecule has 1 heterocycles. The molecule has 0 atom stereocenters. The third-order valence-electron chi connectivity index (χ3n) is 4.63. The standard InChI is InChI=1S/C25H21O2S/c1-26-21-13-14-23(27-2)22(17-21)20-15-24(18-9-5-3-6-10-18)28-25(16-20)19-11-7-4-8-12-19/h3-17H,1-2H3/q+1. The van der Waals surface area contributed by atoms with Crippen molar-refractivity contribution in [2.24, 2.45) is 0 Å². The summed E-state index contributed by atoms with van der Waals surface area (Å²) >= 11 is 1.79. The van der Waals surface area contributed by atoms with Gasteiger partial charge in [-0.25, -0.2) is 0 Å². The lowest BCUT2D eigenvalue weighted by molar-refractivity contribution is 0.404. The highest BCUT2D eigenvalue weighted by atomic mass is 32.1. The second-order valence-corrected chi connectivity index (χ2v) is 7.46. The van der Waals surface area contributed by atoms with Crippen molar-refractivity contribution in [2.75, 3.05) is 14.2 Å². The van der Waals surface area contributed by atoms with Crippen LogP contribution in [-0.4, -0.2) is 14.2 Å². The molecule has 0 spiro atoms. The zero-order valence-electron chi connectivity index (χ0n) is 15.9. The fraction of sp³-hybridized carbons (Fsp3) is 0.0800. The molecule has 0 amide bonds. The minimum atomic E-state index is 0.811. The van der Waals surface area contributed by atoms with Gasteiger partial charge < -0.3 is 9.47 Å². The molecule has 2 nitrogen and oxygen atoms in total. The van der Waals surface area contributed by atoms with Crippen molar-refractivity contribution in [3.8, 4) is 43.5 Å². The predicted molar refractivity (Wildman–Crippen MR) is 118 cm³/mol. The highest BCUT2D eigenvalue weighted by Crippen LogP contribution is 2.40. The molecule has 4 rings (SSSR count). The molecule has 0 aliphatic carbocycles. The summed E-state index contributed by atoms with van der Waals surface area (Å²) in [6, 6.07) is 31.3. The van der Waals surface area contributed by atoms with E-state index in [-0.39, 0.29) is 0 Å². The molecule has 0 radical (unpaired) electrons. The molecule has 0 unspecified atom stereocenters. The van der Waals surface area contributed by atoms with E-state index in [2.05, 4.69) is 60.7 Å². The maximum atomic E-state index is 5.64. The number of hydrogen-bond donors (Lipinski definition) is 0. The number of rotatable bonds is 5. The van der Waals surface area contributed by atoms with Crippen LogP contribution in [0.3, 0.4) is 0 Å². The van der Waals surface area contributed by atoms with E-state index in [1.807, 2.05) is 30.3 Å². The second kappa shape index (κ2) is 8.24. The first kappa shape index (κ1) is 18.2. The van der Waals surface area contributed by atoms with Crippen LogP contribution in [0.2, 0.25) is 0 Å². The van der Waals surface area contributed by atoms with Crippen LogP contribution < -0.4 is 9.47 Å². The van der Waals surface area contributed by atoms with Crippen LogP contribution in [0.5, 0.6) is 11.5 Å². The number of methoxy groups -OCH3 is 2. The van der Waals surface area contributed by atoms with Gasteiger partial charge in [-0.05, 0) is 48.0 Å². The Morgan fingerprint density at radius 1 is 0.571 bits per heavy atom. The zero-order valence-corrected chi connectivity index (χ0v) is 16.7. The maximum Gasteiger partial charge on any atom is 0.239 e. The molecule has 3 heteroatoms. The van der Waals surface area contributed by atoms with Crippen molar-refractivity contribution in [3.05, 3.63) is 91.0 Å². The van der Waals surface area contributed by atoms with Crippen molar-refractivity contribution < 1.29 is 9.47 Å². The van der Waals surface area contributed by atoms with E-state index in [9.17, 15) is 0 Å². The lowest BCUT2D eigenvalue weighted by Gasteiger charge is -2.11. The summed E-state index contributed by atoms with van der Waals surface area (Å²) in [5.41, 5.74) is 4.53. The predicted octanol–water partition coefficient (Wildman–Crippen LogP) is 7.05. The lowest BCUT2D eigenvalue weighted by atomic mass is 10.0. The Hall–Kier alpha value is -3.17. The Kier molecular flexibility index (Phi) is 5.36.